The molecule has 0 atom stereocenters. The molecule has 0 fully saturated rings. The van der Waals surface area contributed by atoms with Crippen molar-refractivity contribution in [3.05, 3.63) is 87.1 Å². The molecule has 2 heterocycles. The predicted octanol–water partition coefficient (Wildman–Crippen LogP) is 2.17. The molecule has 2 aromatic heterocycles. The number of nitrogens with zero attached hydrogens (tertiary/aromatic N) is 2. The van der Waals surface area contributed by atoms with Gasteiger partial charge in [0.2, 0.25) is 0 Å². The summed E-state index contributed by atoms with van der Waals surface area (Å²) >= 11 is 0. The molecule has 3 rings (SSSR count). The van der Waals surface area contributed by atoms with E-state index in [1.165, 1.54) is 17.8 Å². The van der Waals surface area contributed by atoms with E-state index in [-0.39, 0.29) is 5.56 Å². The van der Waals surface area contributed by atoms with Crippen LogP contribution >= 0.6 is 0 Å². The Morgan fingerprint density at radius 3 is 2.64 bits per heavy atom. The van der Waals surface area contributed by atoms with Crippen LogP contribution < -0.4 is 10.9 Å². The summed E-state index contributed by atoms with van der Waals surface area (Å²) in [7, 11) is 0. The molecular weight excluding hydrogens is 316 g/mol. The molecule has 0 saturated heterocycles. The second-order valence-electron chi connectivity index (χ2n) is 5.89. The summed E-state index contributed by atoms with van der Waals surface area (Å²) in [6, 6.07) is 13.2. The molecule has 6 nitrogen and oxygen atoms in total. The van der Waals surface area contributed by atoms with Crippen molar-refractivity contribution in [3.8, 4) is 0 Å². The fourth-order valence-corrected chi connectivity index (χ4v) is 2.76. The van der Waals surface area contributed by atoms with Crippen LogP contribution in [0.15, 0.2) is 53.5 Å². The minimum atomic E-state index is -0.395. The number of amides is 1. The van der Waals surface area contributed by atoms with Crippen molar-refractivity contribution < 1.29 is 4.79 Å². The van der Waals surface area contributed by atoms with Gasteiger partial charge < -0.3 is 10.3 Å². The zero-order valence-electron chi connectivity index (χ0n) is 14.2. The van der Waals surface area contributed by atoms with E-state index in [0.717, 1.165) is 17.0 Å². The van der Waals surface area contributed by atoms with Crippen molar-refractivity contribution in [2.45, 2.75) is 26.9 Å². The van der Waals surface area contributed by atoms with E-state index < -0.39 is 11.5 Å². The quantitative estimate of drug-likeness (QED) is 0.749. The van der Waals surface area contributed by atoms with Crippen molar-refractivity contribution in [2.24, 2.45) is 0 Å². The van der Waals surface area contributed by atoms with Crippen molar-refractivity contribution in [1.29, 1.82) is 0 Å². The monoisotopic (exact) mass is 336 g/mol. The van der Waals surface area contributed by atoms with Crippen LogP contribution in [-0.2, 0) is 13.1 Å². The van der Waals surface area contributed by atoms with Gasteiger partial charge >= 0.3 is 0 Å². The van der Waals surface area contributed by atoms with Crippen molar-refractivity contribution in [1.82, 2.24) is 20.1 Å². The highest BCUT2D eigenvalue weighted by molar-refractivity contribution is 5.93. The molecule has 1 amide bonds. The van der Waals surface area contributed by atoms with E-state index in [1.54, 1.807) is 6.07 Å². The minimum Gasteiger partial charge on any atom is -0.348 e. The molecule has 1 aromatic carbocycles. The standard InChI is InChI=1S/C19H20N4O2/c1-13-17(11-21-19(25)16-9-6-10-20-18(16)24)14(2)23(22-13)12-15-7-4-3-5-8-15/h3-10H,11-12H2,1-2H3,(H,20,24)(H,21,25). The van der Waals surface area contributed by atoms with Crippen LogP contribution in [0.25, 0.3) is 0 Å². The Bertz CT molecular complexity index is 942. The number of aromatic nitrogens is 3. The maximum Gasteiger partial charge on any atom is 0.260 e. The molecule has 3 aromatic rings. The Morgan fingerprint density at radius 1 is 1.16 bits per heavy atom. The van der Waals surface area contributed by atoms with Crippen molar-refractivity contribution >= 4 is 5.91 Å². The predicted molar refractivity (Wildman–Crippen MR) is 95.5 cm³/mol. The van der Waals surface area contributed by atoms with E-state index in [9.17, 15) is 9.59 Å². The molecule has 128 valence electrons. The van der Waals surface area contributed by atoms with Crippen LogP contribution in [-0.4, -0.2) is 20.7 Å². The average Bonchev–Trinajstić information content (AvgIpc) is 2.87. The highest BCUT2D eigenvalue weighted by atomic mass is 16.2. The van der Waals surface area contributed by atoms with Crippen molar-refractivity contribution in [3.63, 3.8) is 0 Å². The Balaban J connectivity index is 1.74. The highest BCUT2D eigenvalue weighted by Crippen LogP contribution is 2.14. The number of hydrogen-bond acceptors (Lipinski definition) is 3. The fourth-order valence-electron chi connectivity index (χ4n) is 2.76. The molecular formula is C19H20N4O2. The lowest BCUT2D eigenvalue weighted by Crippen LogP contribution is -2.29. The lowest BCUT2D eigenvalue weighted by molar-refractivity contribution is 0.0949. The smallest absolute Gasteiger partial charge is 0.260 e. The molecule has 0 aliphatic carbocycles. The van der Waals surface area contributed by atoms with Gasteiger partial charge in [-0.1, -0.05) is 30.3 Å². The summed E-state index contributed by atoms with van der Waals surface area (Å²) in [6.07, 6.45) is 1.50. The van der Waals surface area contributed by atoms with Crippen LogP contribution in [0.1, 0.15) is 32.9 Å². The summed E-state index contributed by atoms with van der Waals surface area (Å²) in [6.45, 7) is 4.92. The van der Waals surface area contributed by atoms with Gasteiger partial charge in [0, 0.05) is 24.0 Å². The number of H-pyrrole nitrogens is 1. The second-order valence-corrected chi connectivity index (χ2v) is 5.89. The molecule has 0 aliphatic rings. The number of aryl methyl sites for hydroxylation is 1. The van der Waals surface area contributed by atoms with Crippen molar-refractivity contribution in [2.75, 3.05) is 0 Å². The van der Waals surface area contributed by atoms with Crippen LogP contribution in [0.3, 0.4) is 0 Å². The fraction of sp³-hybridized carbons (Fsp3) is 0.211. The number of rotatable bonds is 5. The highest BCUT2D eigenvalue weighted by Gasteiger charge is 2.14. The molecule has 0 aliphatic heterocycles. The van der Waals surface area contributed by atoms with E-state index in [0.29, 0.717) is 13.1 Å². The summed E-state index contributed by atoms with van der Waals surface area (Å²) in [5, 5.41) is 7.37. The third-order valence-corrected chi connectivity index (χ3v) is 4.20. The molecule has 0 bridgehead atoms. The third kappa shape index (κ3) is 3.68. The van der Waals surface area contributed by atoms with Gasteiger partial charge in [0.15, 0.2) is 0 Å². The molecule has 0 saturated carbocycles. The van der Waals surface area contributed by atoms with Crippen LogP contribution in [0.2, 0.25) is 0 Å². The number of carbonyl (C=O) groups is 1. The molecule has 2 N–H and O–H groups in total. The Labute approximate surface area is 145 Å². The number of nitrogens with one attached hydrogen (secondary N) is 2. The number of carbonyl (C=O) groups excluding carboxylic acids is 1. The topological polar surface area (TPSA) is 79.8 Å². The van der Waals surface area contributed by atoms with E-state index in [4.69, 9.17) is 0 Å². The lowest BCUT2D eigenvalue weighted by Gasteiger charge is -2.07. The Hall–Kier alpha value is -3.15. The minimum absolute atomic E-state index is 0.106. The first-order valence-electron chi connectivity index (χ1n) is 8.09. The van der Waals surface area contributed by atoms with E-state index >= 15 is 0 Å². The Kier molecular flexibility index (Phi) is 4.79. The summed E-state index contributed by atoms with van der Waals surface area (Å²) in [5.74, 6) is -0.392. The number of aromatic amines is 1. The van der Waals surface area contributed by atoms with Gasteiger partial charge in [-0.2, -0.15) is 5.10 Å². The second kappa shape index (κ2) is 7.17. The van der Waals surface area contributed by atoms with Crippen LogP contribution in [0.5, 0.6) is 0 Å². The lowest BCUT2D eigenvalue weighted by atomic mass is 10.2. The maximum atomic E-state index is 12.2. The van der Waals surface area contributed by atoms with Crippen LogP contribution in [0.4, 0.5) is 0 Å². The molecule has 6 heteroatoms. The average molecular weight is 336 g/mol. The summed E-state index contributed by atoms with van der Waals surface area (Å²) < 4.78 is 1.93. The first kappa shape index (κ1) is 16.7. The molecule has 0 radical (unpaired) electrons. The van der Waals surface area contributed by atoms with Gasteiger partial charge in [-0.3, -0.25) is 14.3 Å². The number of benzene rings is 1. The first-order valence-corrected chi connectivity index (χ1v) is 8.09. The normalized spacial score (nSPS) is 10.6. The van der Waals surface area contributed by atoms with E-state index in [1.807, 2.05) is 36.7 Å². The van der Waals surface area contributed by atoms with Gasteiger partial charge in [0.05, 0.1) is 12.2 Å². The van der Waals surface area contributed by atoms with Crippen LogP contribution in [0, 0.1) is 13.8 Å². The number of pyridine rings is 1. The first-order chi connectivity index (χ1) is 12.1. The third-order valence-electron chi connectivity index (χ3n) is 4.20. The SMILES string of the molecule is Cc1nn(Cc2ccccc2)c(C)c1CNC(=O)c1ccc[nH]c1=O. The van der Waals surface area contributed by atoms with E-state index in [2.05, 4.69) is 27.5 Å². The molecule has 0 spiro atoms. The molecule has 0 unspecified atom stereocenters. The van der Waals surface area contributed by atoms with Gasteiger partial charge in [-0.25, -0.2) is 0 Å². The largest absolute Gasteiger partial charge is 0.348 e. The van der Waals surface area contributed by atoms with Gasteiger partial charge in [-0.05, 0) is 31.5 Å². The zero-order chi connectivity index (χ0) is 17.8. The summed E-state index contributed by atoms with van der Waals surface area (Å²) in [4.78, 5) is 26.4. The van der Waals surface area contributed by atoms with Gasteiger partial charge in [-0.15, -0.1) is 0 Å². The maximum absolute atomic E-state index is 12.2. The van der Waals surface area contributed by atoms with Gasteiger partial charge in [0.25, 0.3) is 11.5 Å². The Morgan fingerprint density at radius 2 is 1.92 bits per heavy atom. The zero-order valence-corrected chi connectivity index (χ0v) is 14.2. The van der Waals surface area contributed by atoms with Gasteiger partial charge in [0.1, 0.15) is 5.56 Å². The summed E-state index contributed by atoms with van der Waals surface area (Å²) in [5.41, 5.74) is 3.72. The number of hydrogen-bond donors (Lipinski definition) is 2. The molecule has 25 heavy (non-hydrogen) atoms.